The van der Waals surface area contributed by atoms with Crippen LogP contribution < -0.4 is 5.32 Å². The van der Waals surface area contributed by atoms with Gasteiger partial charge in [-0.25, -0.2) is 4.79 Å². The molecule has 0 aromatic heterocycles. The van der Waals surface area contributed by atoms with Crippen LogP contribution in [0.2, 0.25) is 0 Å². The number of hydrogen-bond acceptors (Lipinski definition) is 3. The molecule has 1 atom stereocenters. The molecule has 4 heteroatoms. The highest BCUT2D eigenvalue weighted by molar-refractivity contribution is 5.99. The van der Waals surface area contributed by atoms with Crippen molar-refractivity contribution in [2.45, 2.75) is 71.4 Å². The predicted molar refractivity (Wildman–Crippen MR) is 79.6 cm³/mol. The summed E-state index contributed by atoms with van der Waals surface area (Å²) < 4.78 is 5.23. The number of Topliss-reactive ketones (excluding diaryl/α,β-unsaturated/α-hetero) is 1. The normalized spacial score (nSPS) is 17.6. The van der Waals surface area contributed by atoms with Gasteiger partial charge in [-0.1, -0.05) is 32.3 Å². The van der Waals surface area contributed by atoms with Crippen molar-refractivity contribution in [3.63, 3.8) is 0 Å². The van der Waals surface area contributed by atoms with Crippen LogP contribution in [-0.4, -0.2) is 23.5 Å². The van der Waals surface area contributed by atoms with Gasteiger partial charge in [-0.3, -0.25) is 4.79 Å². The quantitative estimate of drug-likeness (QED) is 0.783. The third-order valence-electron chi connectivity index (χ3n) is 3.47. The Hall–Kier alpha value is -1.32. The van der Waals surface area contributed by atoms with E-state index in [2.05, 4.69) is 11.9 Å². The number of ether oxygens (including phenoxy) is 1. The fraction of sp³-hybridized carbons (Fsp3) is 0.750. The zero-order valence-corrected chi connectivity index (χ0v) is 13.1. The smallest absolute Gasteiger partial charge is 0.408 e. The van der Waals surface area contributed by atoms with E-state index in [1.165, 1.54) is 12.8 Å². The van der Waals surface area contributed by atoms with Gasteiger partial charge in [0.15, 0.2) is 5.78 Å². The number of amides is 1. The summed E-state index contributed by atoms with van der Waals surface area (Å²) >= 11 is 0. The molecule has 0 saturated heterocycles. The van der Waals surface area contributed by atoms with Gasteiger partial charge in [0, 0.05) is 0 Å². The van der Waals surface area contributed by atoms with Gasteiger partial charge in [-0.05, 0) is 45.6 Å². The number of rotatable bonds is 5. The van der Waals surface area contributed by atoms with Crippen molar-refractivity contribution in [2.24, 2.45) is 5.92 Å². The van der Waals surface area contributed by atoms with Crippen LogP contribution in [0.15, 0.2) is 12.2 Å². The number of alkyl carbamates (subject to hydrolysis) is 1. The third-order valence-corrected chi connectivity index (χ3v) is 3.47. The second-order valence-electron chi connectivity index (χ2n) is 6.73. The average molecular weight is 281 g/mol. The van der Waals surface area contributed by atoms with Crippen molar-refractivity contribution < 1.29 is 14.3 Å². The molecule has 0 aromatic rings. The summed E-state index contributed by atoms with van der Waals surface area (Å²) in [4.78, 5) is 24.0. The molecule has 1 rings (SSSR count). The monoisotopic (exact) mass is 281 g/mol. The minimum absolute atomic E-state index is 0.0947. The summed E-state index contributed by atoms with van der Waals surface area (Å²) in [6.07, 6.45) is 4.85. The molecule has 4 nitrogen and oxygen atoms in total. The van der Waals surface area contributed by atoms with Crippen LogP contribution >= 0.6 is 0 Å². The largest absolute Gasteiger partial charge is 0.444 e. The molecule has 1 N–H and O–H groups in total. The second kappa shape index (κ2) is 6.91. The first-order valence-electron chi connectivity index (χ1n) is 7.38. The lowest BCUT2D eigenvalue weighted by Crippen LogP contribution is -2.44. The molecule has 0 aliphatic heterocycles. The van der Waals surface area contributed by atoms with E-state index < -0.39 is 17.7 Å². The van der Waals surface area contributed by atoms with E-state index in [1.807, 2.05) is 0 Å². The summed E-state index contributed by atoms with van der Waals surface area (Å²) in [5.74, 6) is 0.418. The molecule has 1 fully saturated rings. The fourth-order valence-corrected chi connectivity index (χ4v) is 2.56. The van der Waals surface area contributed by atoms with Crippen LogP contribution in [0.25, 0.3) is 0 Å². The summed E-state index contributed by atoms with van der Waals surface area (Å²) in [5, 5.41) is 2.71. The van der Waals surface area contributed by atoms with E-state index in [9.17, 15) is 9.59 Å². The highest BCUT2D eigenvalue weighted by Crippen LogP contribution is 2.29. The Morgan fingerprint density at radius 3 is 2.30 bits per heavy atom. The Bertz CT molecular complexity index is 376. The number of hydrogen-bond donors (Lipinski definition) is 1. The Balaban J connectivity index is 2.64. The molecule has 1 aliphatic rings. The molecule has 1 saturated carbocycles. The molecule has 114 valence electrons. The van der Waals surface area contributed by atoms with Gasteiger partial charge in [0.2, 0.25) is 0 Å². The summed E-state index contributed by atoms with van der Waals surface area (Å²) in [7, 11) is 0. The number of carbonyl (C=O) groups is 2. The second-order valence-corrected chi connectivity index (χ2v) is 6.73. The lowest BCUT2D eigenvalue weighted by Gasteiger charge is -2.24. The Morgan fingerprint density at radius 1 is 1.30 bits per heavy atom. The molecule has 0 bridgehead atoms. The lowest BCUT2D eigenvalue weighted by atomic mass is 9.94. The predicted octanol–water partition coefficient (Wildman–Crippen LogP) is 3.61. The Kier molecular flexibility index (Phi) is 5.78. The first kappa shape index (κ1) is 16.7. The van der Waals surface area contributed by atoms with Crippen molar-refractivity contribution >= 4 is 11.9 Å². The highest BCUT2D eigenvalue weighted by atomic mass is 16.6. The van der Waals surface area contributed by atoms with E-state index in [0.29, 0.717) is 17.9 Å². The Morgan fingerprint density at radius 2 is 1.85 bits per heavy atom. The van der Waals surface area contributed by atoms with E-state index >= 15 is 0 Å². The first-order chi connectivity index (χ1) is 9.19. The zero-order valence-electron chi connectivity index (χ0n) is 13.1. The maximum Gasteiger partial charge on any atom is 0.408 e. The summed E-state index contributed by atoms with van der Waals surface area (Å²) in [6.45, 7) is 10.8. The zero-order chi connectivity index (χ0) is 15.3. The first-order valence-corrected chi connectivity index (χ1v) is 7.38. The Labute approximate surface area is 122 Å². The van der Waals surface area contributed by atoms with Crippen LogP contribution in [0.4, 0.5) is 4.79 Å². The van der Waals surface area contributed by atoms with Crippen molar-refractivity contribution in [1.29, 1.82) is 0 Å². The molecule has 0 unspecified atom stereocenters. The summed E-state index contributed by atoms with van der Waals surface area (Å²) in [6, 6.07) is -0.509. The van der Waals surface area contributed by atoms with Crippen LogP contribution in [0.5, 0.6) is 0 Å². The molecular weight excluding hydrogens is 254 g/mol. The average Bonchev–Trinajstić information content (AvgIpc) is 2.77. The van der Waals surface area contributed by atoms with Gasteiger partial charge in [0.05, 0.1) is 6.04 Å². The van der Waals surface area contributed by atoms with E-state index in [4.69, 9.17) is 4.74 Å². The van der Waals surface area contributed by atoms with Gasteiger partial charge in [-0.2, -0.15) is 0 Å². The number of ketones is 1. The minimum Gasteiger partial charge on any atom is -0.444 e. The van der Waals surface area contributed by atoms with E-state index in [-0.39, 0.29) is 5.78 Å². The lowest BCUT2D eigenvalue weighted by molar-refractivity contribution is -0.117. The minimum atomic E-state index is -0.561. The van der Waals surface area contributed by atoms with Crippen LogP contribution in [0, 0.1) is 5.92 Å². The maximum absolute atomic E-state index is 12.2. The summed E-state index contributed by atoms with van der Waals surface area (Å²) in [5.41, 5.74) is -0.0853. The SMILES string of the molecule is C=C(C)C(=O)[C@H](CC1CCCC1)NC(=O)OC(C)(C)C. The van der Waals surface area contributed by atoms with E-state index in [1.54, 1.807) is 27.7 Å². The topological polar surface area (TPSA) is 55.4 Å². The van der Waals surface area contributed by atoms with Crippen LogP contribution in [0.1, 0.15) is 59.8 Å². The van der Waals surface area contributed by atoms with Gasteiger partial charge < -0.3 is 10.1 Å². The van der Waals surface area contributed by atoms with Crippen molar-refractivity contribution in [2.75, 3.05) is 0 Å². The van der Waals surface area contributed by atoms with Crippen LogP contribution in [0.3, 0.4) is 0 Å². The molecule has 0 radical (unpaired) electrons. The molecule has 0 spiro atoms. The highest BCUT2D eigenvalue weighted by Gasteiger charge is 2.28. The van der Waals surface area contributed by atoms with Gasteiger partial charge >= 0.3 is 6.09 Å². The van der Waals surface area contributed by atoms with E-state index in [0.717, 1.165) is 12.8 Å². The standard InChI is InChI=1S/C16H27NO3/c1-11(2)14(18)13(10-12-8-6-7-9-12)17-15(19)20-16(3,4)5/h12-13H,1,6-10H2,2-5H3,(H,17,19)/t13-/m0/s1. The molecule has 1 amide bonds. The number of nitrogens with one attached hydrogen (secondary N) is 1. The molecule has 0 aromatic carbocycles. The fourth-order valence-electron chi connectivity index (χ4n) is 2.56. The van der Waals surface area contributed by atoms with Gasteiger partial charge in [-0.15, -0.1) is 0 Å². The number of carbonyl (C=O) groups excluding carboxylic acids is 2. The maximum atomic E-state index is 12.2. The van der Waals surface area contributed by atoms with Gasteiger partial charge in [0.1, 0.15) is 5.60 Å². The van der Waals surface area contributed by atoms with Gasteiger partial charge in [0.25, 0.3) is 0 Å². The molecule has 20 heavy (non-hydrogen) atoms. The van der Waals surface area contributed by atoms with Crippen molar-refractivity contribution in [3.8, 4) is 0 Å². The molecular formula is C16H27NO3. The molecule has 1 aliphatic carbocycles. The molecule has 0 heterocycles. The third kappa shape index (κ3) is 5.76. The van der Waals surface area contributed by atoms with Crippen molar-refractivity contribution in [3.05, 3.63) is 12.2 Å². The van der Waals surface area contributed by atoms with Crippen molar-refractivity contribution in [1.82, 2.24) is 5.32 Å². The van der Waals surface area contributed by atoms with Crippen LogP contribution in [-0.2, 0) is 9.53 Å².